The lowest BCUT2D eigenvalue weighted by molar-refractivity contribution is -0.131. The van der Waals surface area contributed by atoms with Crippen molar-refractivity contribution in [3.8, 4) is 0 Å². The molecule has 0 saturated carbocycles. The third kappa shape index (κ3) is 4.89. The molecule has 0 radical (unpaired) electrons. The van der Waals surface area contributed by atoms with Gasteiger partial charge in [0, 0.05) is 38.2 Å². The molecule has 1 saturated heterocycles. The molecule has 1 aromatic carbocycles. The Balaban J connectivity index is 0.00000131. The number of benzene rings is 1. The Morgan fingerprint density at radius 2 is 1.78 bits per heavy atom. The average Bonchev–Trinajstić information content (AvgIpc) is 2.90. The number of halogens is 2. The summed E-state index contributed by atoms with van der Waals surface area (Å²) in [4.78, 5) is 25.7. The van der Waals surface area contributed by atoms with E-state index in [0.29, 0.717) is 13.1 Å². The molecule has 0 spiro atoms. The summed E-state index contributed by atoms with van der Waals surface area (Å²) >= 11 is 0. The number of carbonyl (C=O) groups excluding carboxylic acids is 1. The highest BCUT2D eigenvalue weighted by Gasteiger charge is 2.27. The number of piperazine rings is 1. The number of carbonyl (C=O) groups is 1. The summed E-state index contributed by atoms with van der Waals surface area (Å²) < 4.78 is 0. The fraction of sp³-hybridized carbons (Fsp3) is 0.421. The third-order valence-electron chi connectivity index (χ3n) is 4.94. The number of aromatic nitrogens is 2. The topological polar surface area (TPSA) is 61.4 Å². The molecule has 3 heterocycles. The Bertz CT molecular complexity index is 759. The quantitative estimate of drug-likeness (QED) is 0.837. The molecule has 4 rings (SSSR count). The Labute approximate surface area is 172 Å². The molecule has 2 aliphatic heterocycles. The van der Waals surface area contributed by atoms with Crippen molar-refractivity contribution in [3.63, 3.8) is 0 Å². The fourth-order valence-corrected chi connectivity index (χ4v) is 3.59. The summed E-state index contributed by atoms with van der Waals surface area (Å²) in [7, 11) is 0. The number of hydrogen-bond donors (Lipinski definition) is 1. The van der Waals surface area contributed by atoms with Gasteiger partial charge in [0.05, 0.1) is 12.2 Å². The van der Waals surface area contributed by atoms with Crippen LogP contribution in [-0.4, -0.2) is 53.5 Å². The van der Waals surface area contributed by atoms with Gasteiger partial charge in [-0.25, -0.2) is 9.97 Å². The van der Waals surface area contributed by atoms with E-state index in [1.165, 1.54) is 11.1 Å². The van der Waals surface area contributed by atoms with Gasteiger partial charge in [-0.1, -0.05) is 30.3 Å². The fourth-order valence-electron chi connectivity index (χ4n) is 3.59. The monoisotopic (exact) mass is 409 g/mol. The molecule has 0 unspecified atom stereocenters. The van der Waals surface area contributed by atoms with Gasteiger partial charge in [0.2, 0.25) is 5.91 Å². The van der Waals surface area contributed by atoms with E-state index < -0.39 is 0 Å². The van der Waals surface area contributed by atoms with Crippen molar-refractivity contribution < 1.29 is 4.79 Å². The number of fused-ring (bicyclic) bond motifs is 1. The first kappa shape index (κ1) is 21.4. The first-order valence-electron chi connectivity index (χ1n) is 8.91. The van der Waals surface area contributed by atoms with Gasteiger partial charge in [0.1, 0.15) is 12.1 Å². The highest BCUT2D eigenvalue weighted by atomic mass is 35.5. The SMILES string of the molecule is Cl.Cl.O=C1CN(c2ncnc3c2CCNCC3)CCN1Cc1ccccc1. The lowest BCUT2D eigenvalue weighted by Gasteiger charge is -2.36. The molecular weight excluding hydrogens is 385 g/mol. The van der Waals surface area contributed by atoms with E-state index in [9.17, 15) is 4.79 Å². The van der Waals surface area contributed by atoms with Crippen molar-refractivity contribution in [2.24, 2.45) is 0 Å². The molecule has 1 N–H and O–H groups in total. The van der Waals surface area contributed by atoms with Crippen LogP contribution in [0.15, 0.2) is 36.7 Å². The second kappa shape index (κ2) is 9.88. The van der Waals surface area contributed by atoms with Crippen molar-refractivity contribution in [2.75, 3.05) is 37.6 Å². The molecular formula is C19H25Cl2N5O. The lowest BCUT2D eigenvalue weighted by atomic mass is 10.1. The Kier molecular flexibility index (Phi) is 7.83. The Morgan fingerprint density at radius 3 is 2.56 bits per heavy atom. The standard InChI is InChI=1S/C19H23N5O.2ClH/c25-18-13-24(11-10-23(18)12-15-4-2-1-3-5-15)19-16-6-8-20-9-7-17(16)21-14-22-19;;/h1-5,14,20H,6-13H2;2*1H. The number of rotatable bonds is 3. The van der Waals surface area contributed by atoms with Crippen LogP contribution >= 0.6 is 24.8 Å². The van der Waals surface area contributed by atoms with Crippen LogP contribution in [0.5, 0.6) is 0 Å². The molecule has 1 aromatic heterocycles. The number of amides is 1. The summed E-state index contributed by atoms with van der Waals surface area (Å²) in [6, 6.07) is 10.2. The zero-order valence-corrected chi connectivity index (χ0v) is 16.8. The minimum atomic E-state index is 0. The number of nitrogens with one attached hydrogen (secondary N) is 1. The van der Waals surface area contributed by atoms with E-state index >= 15 is 0 Å². The van der Waals surface area contributed by atoms with Crippen molar-refractivity contribution in [1.29, 1.82) is 0 Å². The third-order valence-corrected chi connectivity index (χ3v) is 4.94. The number of anilines is 1. The van der Waals surface area contributed by atoms with Crippen molar-refractivity contribution in [3.05, 3.63) is 53.5 Å². The normalized spacial score (nSPS) is 16.7. The van der Waals surface area contributed by atoms with Crippen LogP contribution in [0.4, 0.5) is 5.82 Å². The molecule has 8 heteroatoms. The molecule has 1 fully saturated rings. The van der Waals surface area contributed by atoms with Gasteiger partial charge < -0.3 is 15.1 Å². The van der Waals surface area contributed by atoms with E-state index in [1.807, 2.05) is 23.1 Å². The van der Waals surface area contributed by atoms with Gasteiger partial charge in [0.15, 0.2) is 0 Å². The molecule has 146 valence electrons. The summed E-state index contributed by atoms with van der Waals surface area (Å²) in [6.07, 6.45) is 3.48. The summed E-state index contributed by atoms with van der Waals surface area (Å²) in [5, 5.41) is 3.41. The predicted molar refractivity (Wildman–Crippen MR) is 111 cm³/mol. The molecule has 0 atom stereocenters. The number of nitrogens with zero attached hydrogens (tertiary/aromatic N) is 4. The summed E-state index contributed by atoms with van der Waals surface area (Å²) in [5.74, 6) is 1.11. The largest absolute Gasteiger partial charge is 0.345 e. The summed E-state index contributed by atoms with van der Waals surface area (Å²) in [5.41, 5.74) is 3.50. The smallest absolute Gasteiger partial charge is 0.242 e. The average molecular weight is 410 g/mol. The molecule has 27 heavy (non-hydrogen) atoms. The van der Waals surface area contributed by atoms with Gasteiger partial charge in [-0.05, 0) is 18.5 Å². The zero-order valence-electron chi connectivity index (χ0n) is 15.1. The van der Waals surface area contributed by atoms with Crippen molar-refractivity contribution in [1.82, 2.24) is 20.2 Å². The van der Waals surface area contributed by atoms with Crippen LogP contribution < -0.4 is 10.2 Å². The minimum absolute atomic E-state index is 0. The van der Waals surface area contributed by atoms with E-state index in [1.54, 1.807) is 6.33 Å². The van der Waals surface area contributed by atoms with Gasteiger partial charge in [-0.15, -0.1) is 24.8 Å². The Hall–Kier alpha value is -1.89. The summed E-state index contributed by atoms with van der Waals surface area (Å²) in [6.45, 7) is 4.51. The zero-order chi connectivity index (χ0) is 17.1. The minimum Gasteiger partial charge on any atom is -0.345 e. The van der Waals surface area contributed by atoms with E-state index in [0.717, 1.165) is 50.5 Å². The van der Waals surface area contributed by atoms with Crippen LogP contribution in [0.3, 0.4) is 0 Å². The maximum atomic E-state index is 12.6. The van der Waals surface area contributed by atoms with Gasteiger partial charge in [-0.3, -0.25) is 4.79 Å². The van der Waals surface area contributed by atoms with Crippen LogP contribution in [0, 0.1) is 0 Å². The molecule has 2 aliphatic rings. The van der Waals surface area contributed by atoms with Gasteiger partial charge in [0.25, 0.3) is 0 Å². The molecule has 1 amide bonds. The second-order valence-corrected chi connectivity index (χ2v) is 6.59. The maximum Gasteiger partial charge on any atom is 0.242 e. The van der Waals surface area contributed by atoms with Crippen LogP contribution in [0.2, 0.25) is 0 Å². The second-order valence-electron chi connectivity index (χ2n) is 6.59. The molecule has 2 aromatic rings. The van der Waals surface area contributed by atoms with Crippen molar-refractivity contribution >= 4 is 36.5 Å². The van der Waals surface area contributed by atoms with Crippen LogP contribution in [0.1, 0.15) is 16.8 Å². The maximum absolute atomic E-state index is 12.6. The molecule has 0 aliphatic carbocycles. The lowest BCUT2D eigenvalue weighted by Crippen LogP contribution is -2.50. The molecule has 0 bridgehead atoms. The van der Waals surface area contributed by atoms with Gasteiger partial charge >= 0.3 is 0 Å². The van der Waals surface area contributed by atoms with E-state index in [2.05, 4.69) is 32.3 Å². The highest BCUT2D eigenvalue weighted by molar-refractivity contribution is 5.85. The van der Waals surface area contributed by atoms with Crippen LogP contribution in [-0.2, 0) is 24.2 Å². The first-order chi connectivity index (χ1) is 12.3. The van der Waals surface area contributed by atoms with E-state index in [4.69, 9.17) is 0 Å². The van der Waals surface area contributed by atoms with Crippen molar-refractivity contribution in [2.45, 2.75) is 19.4 Å². The Morgan fingerprint density at radius 1 is 1.00 bits per heavy atom. The van der Waals surface area contributed by atoms with E-state index in [-0.39, 0.29) is 30.7 Å². The van der Waals surface area contributed by atoms with Gasteiger partial charge in [-0.2, -0.15) is 0 Å². The predicted octanol–water partition coefficient (Wildman–Crippen LogP) is 1.86. The number of hydrogen-bond acceptors (Lipinski definition) is 5. The highest BCUT2D eigenvalue weighted by Crippen LogP contribution is 2.24. The van der Waals surface area contributed by atoms with Crippen LogP contribution in [0.25, 0.3) is 0 Å². The first-order valence-corrected chi connectivity index (χ1v) is 8.91. The molecule has 6 nitrogen and oxygen atoms in total.